The Hall–Kier alpha value is -3.22. The summed E-state index contributed by atoms with van der Waals surface area (Å²) in [5.74, 6) is 1.36. The molecule has 0 aliphatic carbocycles. The van der Waals surface area contributed by atoms with Crippen molar-refractivity contribution in [2.24, 2.45) is 5.92 Å². The Morgan fingerprint density at radius 3 is 1.97 bits per heavy atom. The number of ether oxygens (including phenoxy) is 3. The largest absolute Gasteiger partial charge is 0.494 e. The Balaban J connectivity index is 2.09. The standard InChI is InChI=1S/C26H36N2O5/c1-7-31-21-13-10-19(11-14-21)25(29)28-24(17(4)5)26(30)27-18(6)20-12-15-22(32-8-2)23(16-20)33-9-3/h10-18,24H,7-9H2,1-6H3,(H,27,30)(H,28,29)/t18?,24-/m0/s1. The first-order valence-electron chi connectivity index (χ1n) is 11.5. The number of hydrogen-bond donors (Lipinski definition) is 2. The zero-order valence-electron chi connectivity index (χ0n) is 20.4. The highest BCUT2D eigenvalue weighted by molar-refractivity contribution is 5.97. The van der Waals surface area contributed by atoms with E-state index in [-0.39, 0.29) is 23.8 Å². The third-order valence-corrected chi connectivity index (χ3v) is 5.09. The molecule has 7 nitrogen and oxygen atoms in total. The Kier molecular flexibility index (Phi) is 10.0. The van der Waals surface area contributed by atoms with Crippen molar-refractivity contribution >= 4 is 11.8 Å². The fourth-order valence-corrected chi connectivity index (χ4v) is 3.35. The van der Waals surface area contributed by atoms with Gasteiger partial charge < -0.3 is 24.8 Å². The molecule has 1 unspecified atom stereocenters. The van der Waals surface area contributed by atoms with Crippen molar-refractivity contribution < 1.29 is 23.8 Å². The minimum atomic E-state index is -0.680. The number of hydrogen-bond acceptors (Lipinski definition) is 5. The van der Waals surface area contributed by atoms with E-state index in [0.29, 0.717) is 42.6 Å². The maximum absolute atomic E-state index is 13.1. The highest BCUT2D eigenvalue weighted by Crippen LogP contribution is 2.30. The van der Waals surface area contributed by atoms with Crippen LogP contribution in [0.5, 0.6) is 17.2 Å². The predicted octanol–water partition coefficient (Wildman–Crippen LogP) is 4.51. The molecule has 0 heterocycles. The summed E-state index contributed by atoms with van der Waals surface area (Å²) in [7, 11) is 0. The second-order valence-corrected chi connectivity index (χ2v) is 7.96. The number of carbonyl (C=O) groups excluding carboxylic acids is 2. The molecule has 0 aliphatic heterocycles. The summed E-state index contributed by atoms with van der Waals surface area (Å²) in [6, 6.07) is 11.5. The van der Waals surface area contributed by atoms with Gasteiger partial charge in [-0.05, 0) is 75.6 Å². The van der Waals surface area contributed by atoms with E-state index in [1.165, 1.54) is 0 Å². The van der Waals surface area contributed by atoms with E-state index in [0.717, 1.165) is 5.56 Å². The van der Waals surface area contributed by atoms with Crippen molar-refractivity contribution in [2.75, 3.05) is 19.8 Å². The normalized spacial score (nSPS) is 12.6. The van der Waals surface area contributed by atoms with E-state index < -0.39 is 6.04 Å². The third-order valence-electron chi connectivity index (χ3n) is 5.09. The minimum Gasteiger partial charge on any atom is -0.494 e. The van der Waals surface area contributed by atoms with Crippen LogP contribution in [0.3, 0.4) is 0 Å². The molecule has 33 heavy (non-hydrogen) atoms. The van der Waals surface area contributed by atoms with E-state index in [4.69, 9.17) is 14.2 Å². The molecule has 2 rings (SSSR count). The van der Waals surface area contributed by atoms with Gasteiger partial charge in [-0.3, -0.25) is 9.59 Å². The van der Waals surface area contributed by atoms with E-state index in [1.807, 2.05) is 59.7 Å². The van der Waals surface area contributed by atoms with Gasteiger partial charge in [0.1, 0.15) is 11.8 Å². The monoisotopic (exact) mass is 456 g/mol. The number of benzene rings is 2. The smallest absolute Gasteiger partial charge is 0.251 e. The molecule has 7 heteroatoms. The molecular weight excluding hydrogens is 420 g/mol. The number of amides is 2. The van der Waals surface area contributed by atoms with E-state index in [9.17, 15) is 9.59 Å². The van der Waals surface area contributed by atoms with Crippen LogP contribution in [0.15, 0.2) is 42.5 Å². The molecule has 2 aromatic rings. The molecule has 0 saturated heterocycles. The van der Waals surface area contributed by atoms with Gasteiger partial charge in [-0.15, -0.1) is 0 Å². The first kappa shape index (κ1) is 26.0. The quantitative estimate of drug-likeness (QED) is 0.491. The van der Waals surface area contributed by atoms with Crippen LogP contribution in [0.2, 0.25) is 0 Å². The van der Waals surface area contributed by atoms with E-state index in [1.54, 1.807) is 24.3 Å². The first-order valence-corrected chi connectivity index (χ1v) is 11.5. The van der Waals surface area contributed by atoms with Crippen LogP contribution in [-0.4, -0.2) is 37.7 Å². The Labute approximate surface area is 196 Å². The van der Waals surface area contributed by atoms with Crippen LogP contribution in [0.1, 0.15) is 63.5 Å². The van der Waals surface area contributed by atoms with Gasteiger partial charge in [0.05, 0.1) is 25.9 Å². The van der Waals surface area contributed by atoms with Crippen molar-refractivity contribution in [1.29, 1.82) is 0 Å². The highest BCUT2D eigenvalue weighted by Gasteiger charge is 2.26. The Morgan fingerprint density at radius 1 is 0.788 bits per heavy atom. The SMILES string of the molecule is CCOc1ccc(C(=O)N[C@H](C(=O)NC(C)c2ccc(OCC)c(OCC)c2)C(C)C)cc1. The fraction of sp³-hybridized carbons (Fsp3) is 0.462. The Morgan fingerprint density at radius 2 is 1.39 bits per heavy atom. The first-order chi connectivity index (χ1) is 15.8. The number of nitrogens with one attached hydrogen (secondary N) is 2. The van der Waals surface area contributed by atoms with Gasteiger partial charge in [-0.1, -0.05) is 19.9 Å². The van der Waals surface area contributed by atoms with Crippen LogP contribution in [0.4, 0.5) is 0 Å². The molecule has 0 fully saturated rings. The molecule has 0 saturated carbocycles. The third kappa shape index (κ3) is 7.41. The fourth-order valence-electron chi connectivity index (χ4n) is 3.35. The average Bonchev–Trinajstić information content (AvgIpc) is 2.79. The van der Waals surface area contributed by atoms with Gasteiger partial charge in [-0.2, -0.15) is 0 Å². The van der Waals surface area contributed by atoms with Crippen LogP contribution in [0, 0.1) is 5.92 Å². The molecule has 180 valence electrons. The molecule has 0 radical (unpaired) electrons. The second-order valence-electron chi connectivity index (χ2n) is 7.96. The number of rotatable bonds is 12. The lowest BCUT2D eigenvalue weighted by molar-refractivity contribution is -0.124. The minimum absolute atomic E-state index is 0.0943. The summed E-state index contributed by atoms with van der Waals surface area (Å²) in [5, 5.41) is 5.87. The zero-order valence-corrected chi connectivity index (χ0v) is 20.4. The molecule has 2 atom stereocenters. The number of carbonyl (C=O) groups is 2. The lowest BCUT2D eigenvalue weighted by Gasteiger charge is -2.24. The molecule has 2 N–H and O–H groups in total. The lowest BCUT2D eigenvalue weighted by atomic mass is 10.0. The summed E-state index contributed by atoms with van der Waals surface area (Å²) in [4.78, 5) is 25.8. The second kappa shape index (κ2) is 12.7. The molecule has 0 bridgehead atoms. The molecule has 2 amide bonds. The topological polar surface area (TPSA) is 85.9 Å². The lowest BCUT2D eigenvalue weighted by Crippen LogP contribution is -2.50. The van der Waals surface area contributed by atoms with Gasteiger partial charge in [0.2, 0.25) is 5.91 Å². The summed E-state index contributed by atoms with van der Waals surface area (Å²) >= 11 is 0. The van der Waals surface area contributed by atoms with Crippen molar-refractivity contribution in [3.63, 3.8) is 0 Å². The van der Waals surface area contributed by atoms with Crippen molar-refractivity contribution in [3.8, 4) is 17.2 Å². The maximum atomic E-state index is 13.1. The zero-order chi connectivity index (χ0) is 24.4. The molecule has 2 aromatic carbocycles. The summed E-state index contributed by atoms with van der Waals surface area (Å²) in [6.07, 6.45) is 0. The van der Waals surface area contributed by atoms with Gasteiger partial charge in [0.25, 0.3) is 5.91 Å². The molecule has 0 spiro atoms. The maximum Gasteiger partial charge on any atom is 0.251 e. The van der Waals surface area contributed by atoms with E-state index in [2.05, 4.69) is 10.6 Å². The molecule has 0 aromatic heterocycles. The molecular formula is C26H36N2O5. The van der Waals surface area contributed by atoms with Gasteiger partial charge in [0, 0.05) is 5.56 Å². The Bertz CT molecular complexity index is 911. The van der Waals surface area contributed by atoms with Crippen molar-refractivity contribution in [1.82, 2.24) is 10.6 Å². The summed E-state index contributed by atoms with van der Waals surface area (Å²) in [5.41, 5.74) is 1.36. The van der Waals surface area contributed by atoms with Crippen LogP contribution in [-0.2, 0) is 4.79 Å². The highest BCUT2D eigenvalue weighted by atomic mass is 16.5. The van der Waals surface area contributed by atoms with E-state index >= 15 is 0 Å². The summed E-state index contributed by atoms with van der Waals surface area (Å²) in [6.45, 7) is 13.0. The molecule has 0 aliphatic rings. The van der Waals surface area contributed by atoms with Gasteiger partial charge in [-0.25, -0.2) is 0 Å². The van der Waals surface area contributed by atoms with Crippen LogP contribution in [0.25, 0.3) is 0 Å². The van der Waals surface area contributed by atoms with Gasteiger partial charge in [0.15, 0.2) is 11.5 Å². The summed E-state index contributed by atoms with van der Waals surface area (Å²) < 4.78 is 16.7. The van der Waals surface area contributed by atoms with Gasteiger partial charge >= 0.3 is 0 Å². The van der Waals surface area contributed by atoms with Crippen molar-refractivity contribution in [3.05, 3.63) is 53.6 Å². The van der Waals surface area contributed by atoms with Crippen LogP contribution >= 0.6 is 0 Å². The van der Waals surface area contributed by atoms with Crippen molar-refractivity contribution in [2.45, 2.75) is 53.6 Å². The average molecular weight is 457 g/mol. The predicted molar refractivity (Wildman–Crippen MR) is 129 cm³/mol. The van der Waals surface area contributed by atoms with Crippen LogP contribution < -0.4 is 24.8 Å².